The summed E-state index contributed by atoms with van der Waals surface area (Å²) in [6.45, 7) is 3.50. The lowest BCUT2D eigenvalue weighted by Gasteiger charge is -2.35. The molecule has 1 aromatic heterocycles. The molecule has 130 valence electrons. The van der Waals surface area contributed by atoms with Crippen LogP contribution in [0.4, 0.5) is 5.69 Å². The molecule has 2 aliphatic rings. The van der Waals surface area contributed by atoms with Crippen molar-refractivity contribution in [1.29, 1.82) is 0 Å². The Morgan fingerprint density at radius 3 is 2.96 bits per heavy atom. The number of ether oxygens (including phenoxy) is 1. The molecule has 1 aromatic carbocycles. The van der Waals surface area contributed by atoms with E-state index in [9.17, 15) is 9.59 Å². The molecule has 2 aromatic rings. The van der Waals surface area contributed by atoms with Gasteiger partial charge in [0.1, 0.15) is 5.75 Å². The number of hydrogen-bond donors (Lipinski definition) is 1. The number of nitrogens with zero attached hydrogens (tertiary/aromatic N) is 2. The van der Waals surface area contributed by atoms with Crippen molar-refractivity contribution in [3.63, 3.8) is 0 Å². The number of hydrogen-bond acceptors (Lipinski definition) is 3. The fraction of sp³-hybridized carbons (Fsp3) is 0.368. The van der Waals surface area contributed by atoms with Crippen LogP contribution in [0.15, 0.2) is 36.5 Å². The van der Waals surface area contributed by atoms with Crippen LogP contribution in [0.1, 0.15) is 36.6 Å². The van der Waals surface area contributed by atoms with Gasteiger partial charge >= 0.3 is 0 Å². The Balaban J connectivity index is 1.53. The number of rotatable bonds is 3. The van der Waals surface area contributed by atoms with Crippen molar-refractivity contribution < 1.29 is 14.3 Å². The van der Waals surface area contributed by atoms with Crippen LogP contribution in [0.3, 0.4) is 0 Å². The van der Waals surface area contributed by atoms with E-state index in [1.165, 1.54) is 0 Å². The number of fused-ring (bicyclic) bond motifs is 2. The molecule has 6 heteroatoms. The zero-order valence-corrected chi connectivity index (χ0v) is 14.4. The molecule has 4 rings (SSSR count). The molecule has 0 saturated heterocycles. The fourth-order valence-electron chi connectivity index (χ4n) is 3.85. The zero-order chi connectivity index (χ0) is 17.6. The van der Waals surface area contributed by atoms with Crippen LogP contribution >= 0.6 is 0 Å². The molecule has 0 spiro atoms. The molecular weight excluding hydrogens is 318 g/mol. The Labute approximate surface area is 146 Å². The number of carbonyl (C=O) groups excluding carboxylic acids is 2. The highest BCUT2D eigenvalue weighted by Crippen LogP contribution is 2.38. The van der Waals surface area contributed by atoms with Crippen molar-refractivity contribution >= 4 is 17.5 Å². The average Bonchev–Trinajstić information content (AvgIpc) is 3.20. The zero-order valence-electron chi connectivity index (χ0n) is 14.4. The van der Waals surface area contributed by atoms with E-state index in [0.29, 0.717) is 12.3 Å². The van der Waals surface area contributed by atoms with Crippen LogP contribution in [-0.4, -0.2) is 34.9 Å². The molecule has 3 heterocycles. The lowest BCUT2D eigenvalue weighted by atomic mass is 9.96. The molecule has 2 amide bonds. The van der Waals surface area contributed by atoms with Crippen molar-refractivity contribution in [2.24, 2.45) is 0 Å². The smallest absolute Gasteiger partial charge is 0.232 e. The molecule has 1 N–H and O–H groups in total. The van der Waals surface area contributed by atoms with Gasteiger partial charge in [0.05, 0.1) is 19.1 Å². The lowest BCUT2D eigenvalue weighted by Crippen LogP contribution is -2.41. The minimum Gasteiger partial charge on any atom is -0.497 e. The second-order valence-corrected chi connectivity index (χ2v) is 6.59. The van der Waals surface area contributed by atoms with Crippen molar-refractivity contribution in [1.82, 2.24) is 9.47 Å². The van der Waals surface area contributed by atoms with Gasteiger partial charge in [-0.2, -0.15) is 0 Å². The molecular formula is C19H21N3O3. The summed E-state index contributed by atoms with van der Waals surface area (Å²) in [5, 5.41) is 2.86. The maximum absolute atomic E-state index is 12.9. The molecule has 0 saturated carbocycles. The van der Waals surface area contributed by atoms with Crippen molar-refractivity contribution in [2.45, 2.75) is 31.8 Å². The first kappa shape index (κ1) is 15.7. The van der Waals surface area contributed by atoms with Crippen LogP contribution in [0.5, 0.6) is 5.75 Å². The van der Waals surface area contributed by atoms with Gasteiger partial charge in [-0.25, -0.2) is 0 Å². The predicted octanol–water partition coefficient (Wildman–Crippen LogP) is 2.53. The number of methoxy groups -OCH3 is 1. The second-order valence-electron chi connectivity index (χ2n) is 6.59. The van der Waals surface area contributed by atoms with Crippen LogP contribution in [0.25, 0.3) is 0 Å². The van der Waals surface area contributed by atoms with E-state index in [2.05, 4.69) is 9.88 Å². The molecule has 2 atom stereocenters. The predicted molar refractivity (Wildman–Crippen MR) is 93.5 cm³/mol. The second kappa shape index (κ2) is 5.95. The topological polar surface area (TPSA) is 63.6 Å². The van der Waals surface area contributed by atoms with Crippen molar-refractivity contribution in [3.8, 4) is 5.75 Å². The van der Waals surface area contributed by atoms with Gasteiger partial charge in [-0.05, 0) is 30.7 Å². The molecule has 0 aliphatic carbocycles. The number of anilines is 1. The van der Waals surface area contributed by atoms with E-state index >= 15 is 0 Å². The molecule has 0 fully saturated rings. The summed E-state index contributed by atoms with van der Waals surface area (Å²) in [7, 11) is 1.59. The van der Waals surface area contributed by atoms with Crippen LogP contribution in [-0.2, 0) is 16.1 Å². The van der Waals surface area contributed by atoms with Crippen molar-refractivity contribution in [2.75, 3.05) is 19.0 Å². The van der Waals surface area contributed by atoms with Gasteiger partial charge in [0.25, 0.3) is 0 Å². The van der Waals surface area contributed by atoms with E-state index in [-0.39, 0.29) is 24.3 Å². The largest absolute Gasteiger partial charge is 0.497 e. The molecule has 6 nitrogen and oxygen atoms in total. The Hall–Kier alpha value is -2.76. The average molecular weight is 339 g/mol. The standard InChI is InChI=1S/C19H21N3O3/c1-12-17-4-3-7-21(17)8-9-22(12)18(23)11-15-14-6-5-13(25-2)10-16(14)20-19(15)24/h3-7,10,12,15H,8-9,11H2,1-2H3,(H,20,24)/t12-,15-/m1/s1. The first-order chi connectivity index (χ1) is 12.1. The molecule has 0 radical (unpaired) electrons. The highest BCUT2D eigenvalue weighted by molar-refractivity contribution is 6.05. The van der Waals surface area contributed by atoms with Crippen LogP contribution < -0.4 is 10.1 Å². The van der Waals surface area contributed by atoms with Gasteiger partial charge in [0.2, 0.25) is 11.8 Å². The summed E-state index contributed by atoms with van der Waals surface area (Å²) < 4.78 is 7.38. The molecule has 25 heavy (non-hydrogen) atoms. The number of benzene rings is 1. The third-order valence-electron chi connectivity index (χ3n) is 5.25. The molecule has 0 bridgehead atoms. The lowest BCUT2D eigenvalue weighted by molar-refractivity contribution is -0.136. The van der Waals surface area contributed by atoms with Gasteiger partial charge in [-0.3, -0.25) is 9.59 Å². The van der Waals surface area contributed by atoms with E-state index in [1.54, 1.807) is 13.2 Å². The Morgan fingerprint density at radius 2 is 2.16 bits per heavy atom. The summed E-state index contributed by atoms with van der Waals surface area (Å²) in [5.74, 6) is 0.152. The minimum absolute atomic E-state index is 0.0174. The summed E-state index contributed by atoms with van der Waals surface area (Å²) in [6.07, 6.45) is 2.23. The summed E-state index contributed by atoms with van der Waals surface area (Å²) >= 11 is 0. The van der Waals surface area contributed by atoms with E-state index < -0.39 is 5.92 Å². The monoisotopic (exact) mass is 339 g/mol. The maximum atomic E-state index is 12.9. The fourth-order valence-corrected chi connectivity index (χ4v) is 3.85. The van der Waals surface area contributed by atoms with E-state index in [1.807, 2.05) is 42.3 Å². The van der Waals surface area contributed by atoms with Gasteiger partial charge in [-0.1, -0.05) is 6.07 Å². The van der Waals surface area contributed by atoms with E-state index in [0.717, 1.165) is 23.5 Å². The third kappa shape index (κ3) is 2.58. The minimum atomic E-state index is -0.436. The number of amides is 2. The molecule has 0 unspecified atom stereocenters. The Kier molecular flexibility index (Phi) is 3.75. The first-order valence-electron chi connectivity index (χ1n) is 8.52. The van der Waals surface area contributed by atoms with Gasteiger partial charge in [0, 0.05) is 43.2 Å². The summed E-state index contributed by atoms with van der Waals surface area (Å²) in [6, 6.07) is 9.58. The summed E-state index contributed by atoms with van der Waals surface area (Å²) in [5.41, 5.74) is 2.75. The number of aromatic nitrogens is 1. The third-order valence-corrected chi connectivity index (χ3v) is 5.25. The Morgan fingerprint density at radius 1 is 1.32 bits per heavy atom. The SMILES string of the molecule is COc1ccc2c(c1)NC(=O)[C@@H]2CC(=O)N1CCn2cccc2[C@H]1C. The highest BCUT2D eigenvalue weighted by atomic mass is 16.5. The van der Waals surface area contributed by atoms with Crippen LogP contribution in [0.2, 0.25) is 0 Å². The quantitative estimate of drug-likeness (QED) is 0.935. The van der Waals surface area contributed by atoms with Gasteiger partial charge in [0.15, 0.2) is 0 Å². The maximum Gasteiger partial charge on any atom is 0.232 e. The van der Waals surface area contributed by atoms with Crippen LogP contribution in [0, 0.1) is 0 Å². The van der Waals surface area contributed by atoms with Crippen molar-refractivity contribution in [3.05, 3.63) is 47.8 Å². The Bertz CT molecular complexity index is 842. The highest BCUT2D eigenvalue weighted by Gasteiger charge is 2.35. The van der Waals surface area contributed by atoms with Gasteiger partial charge < -0.3 is 19.5 Å². The normalized spacial score (nSPS) is 21.5. The first-order valence-corrected chi connectivity index (χ1v) is 8.52. The van der Waals surface area contributed by atoms with Gasteiger partial charge in [-0.15, -0.1) is 0 Å². The van der Waals surface area contributed by atoms with E-state index in [4.69, 9.17) is 4.74 Å². The molecule has 2 aliphatic heterocycles. The summed E-state index contributed by atoms with van der Waals surface area (Å²) in [4.78, 5) is 27.1. The number of carbonyl (C=O) groups is 2. The number of nitrogens with one attached hydrogen (secondary N) is 1.